The number of alkyl halides is 2. The van der Waals surface area contributed by atoms with Crippen LogP contribution in [0.5, 0.6) is 0 Å². The first-order valence-electron chi connectivity index (χ1n) is 37.4. The van der Waals surface area contributed by atoms with Crippen LogP contribution in [0.3, 0.4) is 0 Å². The van der Waals surface area contributed by atoms with E-state index in [0.29, 0.717) is 49.0 Å². The third-order valence-corrected chi connectivity index (χ3v) is 16.4. The molecule has 0 amide bonds. The number of aliphatic carboxylic acids is 4. The molecule has 29 nitrogen and oxygen atoms in total. The Bertz CT molecular complexity index is 2790. The predicted molar refractivity (Wildman–Crippen MR) is 402 cm³/mol. The van der Waals surface area contributed by atoms with E-state index in [4.69, 9.17) is 29.7 Å². The first kappa shape index (κ1) is 99.9. The minimum atomic E-state index is -1.47. The summed E-state index contributed by atoms with van der Waals surface area (Å²) < 4.78 is 29.7. The lowest BCUT2D eigenvalue weighted by Gasteiger charge is -2.25. The fourth-order valence-electron chi connectivity index (χ4n) is 10.8. The van der Waals surface area contributed by atoms with Gasteiger partial charge in [0.2, 0.25) is 0 Å². The van der Waals surface area contributed by atoms with E-state index in [1.165, 1.54) is 76.2 Å². The minimum Gasteiger partial charge on any atom is -0.549 e. The summed E-state index contributed by atoms with van der Waals surface area (Å²) in [6, 6.07) is 11.9. The number of nitrogens with zero attached hydrogens (tertiary/aromatic N) is 7. The van der Waals surface area contributed by atoms with Crippen LogP contribution in [-0.2, 0) is 132 Å². The Morgan fingerprint density at radius 1 is 0.336 bits per heavy atom. The topological polar surface area (TPSA) is 408 Å². The van der Waals surface area contributed by atoms with Crippen LogP contribution in [0.25, 0.3) is 0 Å². The summed E-state index contributed by atoms with van der Waals surface area (Å²) in [5.41, 5.74) is 13.1. The SMILES string of the molecule is CCCCCCCCc1cc(CBr)nc(CBr)c1.CCCCCCCCc1cc(CN(CC(=O)OCC)CC(=O)OCC)nc(CN(CC(=O)OCC)CC(=O)OCC)c1.CCOC(=O)CNCC(=O)OCC.NCCCCCCCc1cc(CN(CC(=O)[O-])CC(=O)[O-])nc(CN(CC(=O)[O-])CC(=O)[O-])c1. The number of hydrogen-bond donors (Lipinski definition) is 2. The highest BCUT2D eigenvalue weighted by Gasteiger charge is 2.22. The van der Waals surface area contributed by atoms with Crippen LogP contribution in [0, 0.1) is 0 Å². The van der Waals surface area contributed by atoms with Gasteiger partial charge in [0, 0.05) is 63.0 Å². The van der Waals surface area contributed by atoms with Crippen LogP contribution in [-0.4, -0.2) is 206 Å². The molecule has 0 unspecified atom stereocenters. The van der Waals surface area contributed by atoms with Gasteiger partial charge < -0.3 is 73.8 Å². The monoisotopic (exact) mass is 1640 g/mol. The van der Waals surface area contributed by atoms with E-state index in [1.807, 2.05) is 12.1 Å². The Balaban J connectivity index is 0.00000153. The lowest BCUT2D eigenvalue weighted by atomic mass is 10.0. The molecule has 0 aliphatic rings. The van der Waals surface area contributed by atoms with Gasteiger partial charge in [-0.05, 0) is 146 Å². The molecule has 0 saturated carbocycles. The summed E-state index contributed by atoms with van der Waals surface area (Å²) in [4.78, 5) is 134. The van der Waals surface area contributed by atoms with Gasteiger partial charge in [-0.15, -0.1) is 0 Å². The summed E-state index contributed by atoms with van der Waals surface area (Å²) in [7, 11) is 0. The summed E-state index contributed by atoms with van der Waals surface area (Å²) in [5.74, 6) is -8.39. The molecule has 3 rings (SSSR count). The number of aryl methyl sites for hydroxylation is 3. The Kier molecular flexibility index (Phi) is 60.5. The highest BCUT2D eigenvalue weighted by Crippen LogP contribution is 2.20. The lowest BCUT2D eigenvalue weighted by Crippen LogP contribution is -2.44. The van der Waals surface area contributed by atoms with Crippen LogP contribution >= 0.6 is 31.9 Å². The molecular formula is C76H119Br2N9O20-4. The van der Waals surface area contributed by atoms with Crippen molar-refractivity contribution in [1.29, 1.82) is 0 Å². The largest absolute Gasteiger partial charge is 0.549 e. The van der Waals surface area contributed by atoms with Crippen molar-refractivity contribution in [2.75, 3.05) is 112 Å². The van der Waals surface area contributed by atoms with E-state index in [9.17, 15) is 68.4 Å². The molecule has 0 spiro atoms. The number of esters is 6. The quantitative estimate of drug-likeness (QED) is 0.0341. The van der Waals surface area contributed by atoms with Crippen molar-refractivity contribution in [2.24, 2.45) is 5.73 Å². The highest BCUT2D eigenvalue weighted by atomic mass is 79.9. The van der Waals surface area contributed by atoms with E-state index < -0.39 is 73.9 Å². The molecule has 107 heavy (non-hydrogen) atoms. The van der Waals surface area contributed by atoms with Gasteiger partial charge in [-0.2, -0.15) is 0 Å². The van der Waals surface area contributed by atoms with Gasteiger partial charge in [-0.25, -0.2) is 0 Å². The van der Waals surface area contributed by atoms with E-state index in [0.717, 1.165) is 94.3 Å². The van der Waals surface area contributed by atoms with Crippen molar-refractivity contribution in [2.45, 2.75) is 221 Å². The molecule has 0 atom stereocenters. The molecule has 3 aromatic heterocycles. The van der Waals surface area contributed by atoms with Crippen LogP contribution in [0.4, 0.5) is 0 Å². The van der Waals surface area contributed by atoms with Crippen LogP contribution in [0.1, 0.15) is 215 Å². The van der Waals surface area contributed by atoms with E-state index >= 15 is 0 Å². The molecule has 0 saturated heterocycles. The number of aromatic nitrogens is 3. The smallest absolute Gasteiger partial charge is 0.320 e. The Labute approximate surface area is 650 Å². The second-order valence-electron chi connectivity index (χ2n) is 25.0. The molecule has 3 aromatic rings. The number of carboxylic acids is 4. The summed E-state index contributed by atoms with van der Waals surface area (Å²) in [6.07, 6.45) is 22.5. The zero-order valence-corrected chi connectivity index (χ0v) is 67.7. The summed E-state index contributed by atoms with van der Waals surface area (Å²) in [6.45, 7) is 14.3. The molecule has 3 heterocycles. The van der Waals surface area contributed by atoms with Crippen molar-refractivity contribution in [3.8, 4) is 0 Å². The minimum absolute atomic E-state index is 0.0344. The number of pyridine rings is 3. The van der Waals surface area contributed by atoms with Crippen molar-refractivity contribution >= 4 is 91.6 Å². The summed E-state index contributed by atoms with van der Waals surface area (Å²) >= 11 is 6.97. The standard InChI is InChI=1S/C31H51N3O8.C22H34N4O8.C15H23Br2N.C8H15NO4/c1-6-11-12-13-14-15-16-25-17-26(19-33(21-28(35)39-7-2)22-29(36)40-8-3)32-27(18-25)20-34(23-30(37)41-9-4)24-31(38)42-10-5;23-7-5-3-1-2-4-6-16-8-17(10-25(12-19(27)28)13-20(29)30)24-18(9-16)11-26(14-21(31)32)15-22(33)34;1-2-3-4-5-6-7-8-13-9-14(11-16)18-15(10-13)12-17;1-3-12-7(10)5-9-6-8(11)13-4-2/h17-18H,6-16,19-24H2,1-5H3;8-9H,1-7,10-15,23H2,(H,27,28)(H,29,30)(H,31,32)(H,33,34);9-10H,2-8,11-12H2,1H3;9H,3-6H2,1-2H3/p-4. The maximum atomic E-state index is 12.3. The number of ether oxygens (including phenoxy) is 6. The van der Waals surface area contributed by atoms with Gasteiger partial charge in [0.1, 0.15) is 0 Å². The predicted octanol–water partition coefficient (Wildman–Crippen LogP) is 4.45. The van der Waals surface area contributed by atoms with Gasteiger partial charge in [-0.3, -0.25) is 68.6 Å². The number of carbonyl (C=O) groups excluding carboxylic acids is 10. The van der Waals surface area contributed by atoms with E-state index in [-0.39, 0.29) is 104 Å². The molecule has 0 bridgehead atoms. The van der Waals surface area contributed by atoms with Crippen molar-refractivity contribution in [3.63, 3.8) is 0 Å². The number of carboxylic acid groups (broad SMARTS) is 4. The number of nitrogens with two attached hydrogens (primary N) is 1. The zero-order chi connectivity index (χ0) is 80.0. The molecule has 31 heteroatoms. The van der Waals surface area contributed by atoms with Crippen LogP contribution < -0.4 is 31.5 Å². The first-order chi connectivity index (χ1) is 51.3. The average Bonchev–Trinajstić information content (AvgIpc) is 0.893. The average molecular weight is 1640 g/mol. The number of rotatable bonds is 57. The molecule has 0 radical (unpaired) electrons. The Hall–Kier alpha value is -7.13. The maximum Gasteiger partial charge on any atom is 0.320 e. The Morgan fingerprint density at radius 3 is 0.804 bits per heavy atom. The number of nitrogens with one attached hydrogen (secondary N) is 1. The number of carbonyl (C=O) groups is 10. The van der Waals surface area contributed by atoms with Crippen molar-refractivity contribution < 1.29 is 96.8 Å². The normalized spacial score (nSPS) is 10.8. The number of hydrogen-bond acceptors (Lipinski definition) is 29. The summed E-state index contributed by atoms with van der Waals surface area (Å²) in [5, 5.41) is 48.3. The highest BCUT2D eigenvalue weighted by molar-refractivity contribution is 9.08. The molecular weight excluding hydrogens is 1520 g/mol. The van der Waals surface area contributed by atoms with Crippen molar-refractivity contribution in [3.05, 3.63) is 87.3 Å². The van der Waals surface area contributed by atoms with Crippen LogP contribution in [0.2, 0.25) is 0 Å². The second kappa shape index (κ2) is 64.8. The molecule has 3 N–H and O–H groups in total. The second-order valence-corrected chi connectivity index (χ2v) is 26.1. The maximum absolute atomic E-state index is 12.3. The number of halogens is 2. The van der Waals surface area contributed by atoms with Gasteiger partial charge >= 0.3 is 35.8 Å². The molecule has 606 valence electrons. The molecule has 0 fully saturated rings. The van der Waals surface area contributed by atoms with E-state index in [2.05, 4.69) is 82.6 Å². The van der Waals surface area contributed by atoms with Gasteiger partial charge in [0.15, 0.2) is 0 Å². The van der Waals surface area contributed by atoms with Gasteiger partial charge in [0.05, 0.1) is 137 Å². The van der Waals surface area contributed by atoms with Crippen LogP contribution in [0.15, 0.2) is 36.4 Å². The van der Waals surface area contributed by atoms with Gasteiger partial charge in [0.25, 0.3) is 0 Å². The third kappa shape index (κ3) is 55.9. The molecule has 0 aliphatic carbocycles. The lowest BCUT2D eigenvalue weighted by molar-refractivity contribution is -0.313. The number of unbranched alkanes of at least 4 members (excludes halogenated alkanes) is 14. The molecule has 0 aromatic carbocycles. The first-order valence-corrected chi connectivity index (χ1v) is 39.7. The Morgan fingerprint density at radius 2 is 0.561 bits per heavy atom. The van der Waals surface area contributed by atoms with Gasteiger partial charge in [-0.1, -0.05) is 129 Å². The van der Waals surface area contributed by atoms with Crippen molar-refractivity contribution in [1.82, 2.24) is 39.9 Å². The molecule has 0 aliphatic heterocycles. The fraction of sp³-hybridized carbons (Fsp3) is 0.671. The zero-order valence-electron chi connectivity index (χ0n) is 64.5. The fourth-order valence-corrected chi connectivity index (χ4v) is 11.4. The third-order valence-electron chi connectivity index (χ3n) is 15.3. The van der Waals surface area contributed by atoms with E-state index in [1.54, 1.807) is 63.5 Å².